The summed E-state index contributed by atoms with van der Waals surface area (Å²) in [5.74, 6) is -0.773. The predicted octanol–water partition coefficient (Wildman–Crippen LogP) is 2.30. The van der Waals surface area contributed by atoms with E-state index in [1.54, 1.807) is 42.7 Å². The summed E-state index contributed by atoms with van der Waals surface area (Å²) in [5.41, 5.74) is 1.73. The van der Waals surface area contributed by atoms with E-state index in [-0.39, 0.29) is 24.9 Å². The summed E-state index contributed by atoms with van der Waals surface area (Å²) in [5, 5.41) is 11.3. The van der Waals surface area contributed by atoms with E-state index in [2.05, 4.69) is 10.3 Å². The summed E-state index contributed by atoms with van der Waals surface area (Å²) in [6, 6.07) is 10.5. The fourth-order valence-electron chi connectivity index (χ4n) is 1.74. The highest BCUT2D eigenvalue weighted by Gasteiger charge is 1.99. The number of pyridine rings is 1. The Morgan fingerprint density at radius 2 is 1.96 bits per heavy atom. The van der Waals surface area contributed by atoms with Gasteiger partial charge in [-0.2, -0.15) is 0 Å². The first-order valence-electron chi connectivity index (χ1n) is 6.93. The number of ether oxygens (including phenoxy) is 1. The van der Waals surface area contributed by atoms with Gasteiger partial charge >= 0.3 is 5.97 Å². The van der Waals surface area contributed by atoms with E-state index in [4.69, 9.17) is 9.84 Å². The van der Waals surface area contributed by atoms with Crippen molar-refractivity contribution < 1.29 is 19.4 Å². The van der Waals surface area contributed by atoms with Crippen LogP contribution in [0.2, 0.25) is 0 Å². The van der Waals surface area contributed by atoms with Gasteiger partial charge in [0.2, 0.25) is 5.91 Å². The van der Waals surface area contributed by atoms with Crippen molar-refractivity contribution >= 4 is 30.4 Å². The Bertz CT molecular complexity index is 687. The zero-order chi connectivity index (χ0) is 16.5. The van der Waals surface area contributed by atoms with Crippen molar-refractivity contribution in [2.45, 2.75) is 6.54 Å². The number of carboxylic acids is 1. The van der Waals surface area contributed by atoms with Crippen LogP contribution >= 0.6 is 12.4 Å². The maximum atomic E-state index is 11.7. The number of aromatic nitrogens is 1. The molecule has 7 heteroatoms. The smallest absolute Gasteiger partial charge is 0.341 e. The van der Waals surface area contributed by atoms with E-state index in [1.807, 2.05) is 12.1 Å². The van der Waals surface area contributed by atoms with Gasteiger partial charge in [-0.3, -0.25) is 9.78 Å². The van der Waals surface area contributed by atoms with Crippen LogP contribution in [0.15, 0.2) is 54.9 Å². The van der Waals surface area contributed by atoms with Crippen LogP contribution < -0.4 is 10.1 Å². The molecule has 0 radical (unpaired) electrons. The Morgan fingerprint density at radius 1 is 1.21 bits per heavy atom. The lowest BCUT2D eigenvalue weighted by Gasteiger charge is -2.03. The molecule has 24 heavy (non-hydrogen) atoms. The topological polar surface area (TPSA) is 88.5 Å². The average molecular weight is 349 g/mol. The van der Waals surface area contributed by atoms with E-state index in [0.29, 0.717) is 12.3 Å². The number of hydrogen-bond donors (Lipinski definition) is 2. The molecule has 0 fully saturated rings. The molecule has 2 N–H and O–H groups in total. The highest BCUT2D eigenvalue weighted by molar-refractivity contribution is 5.91. The maximum absolute atomic E-state index is 11.7. The second-order valence-corrected chi connectivity index (χ2v) is 4.66. The summed E-state index contributed by atoms with van der Waals surface area (Å²) in [4.78, 5) is 26.1. The molecule has 0 unspecified atom stereocenters. The van der Waals surface area contributed by atoms with Crippen molar-refractivity contribution in [3.63, 3.8) is 0 Å². The number of amides is 1. The normalized spacial score (nSPS) is 10.0. The molecule has 0 saturated heterocycles. The van der Waals surface area contributed by atoms with Crippen LogP contribution in [0.4, 0.5) is 0 Å². The van der Waals surface area contributed by atoms with Gasteiger partial charge in [0.05, 0.1) is 0 Å². The van der Waals surface area contributed by atoms with Crippen LogP contribution in [0.25, 0.3) is 6.08 Å². The molecule has 0 aliphatic carbocycles. The summed E-state index contributed by atoms with van der Waals surface area (Å²) in [6.07, 6.45) is 6.47. The Balaban J connectivity index is 0.00000288. The monoisotopic (exact) mass is 348 g/mol. The first-order chi connectivity index (χ1) is 11.1. The summed E-state index contributed by atoms with van der Waals surface area (Å²) >= 11 is 0. The van der Waals surface area contributed by atoms with E-state index >= 15 is 0 Å². The Kier molecular flexibility index (Phi) is 8.01. The summed E-state index contributed by atoms with van der Waals surface area (Å²) in [7, 11) is 0. The maximum Gasteiger partial charge on any atom is 0.341 e. The van der Waals surface area contributed by atoms with Crippen molar-refractivity contribution in [1.82, 2.24) is 10.3 Å². The Morgan fingerprint density at radius 3 is 2.58 bits per heavy atom. The molecule has 0 atom stereocenters. The molecular formula is C17H17ClN2O4. The number of nitrogens with zero attached hydrogens (tertiary/aromatic N) is 1. The van der Waals surface area contributed by atoms with Gasteiger partial charge in [0.1, 0.15) is 5.75 Å². The molecule has 0 spiro atoms. The molecule has 0 aliphatic heterocycles. The molecule has 0 aliphatic rings. The number of aliphatic carboxylic acids is 1. The van der Waals surface area contributed by atoms with Crippen LogP contribution in [0.1, 0.15) is 11.1 Å². The number of carboxylic acid groups (broad SMARTS) is 1. The van der Waals surface area contributed by atoms with Crippen molar-refractivity contribution in [2.75, 3.05) is 6.61 Å². The quantitative estimate of drug-likeness (QED) is 0.749. The van der Waals surface area contributed by atoms with Gasteiger partial charge in [0, 0.05) is 25.0 Å². The van der Waals surface area contributed by atoms with Gasteiger partial charge in [0.15, 0.2) is 6.61 Å². The van der Waals surface area contributed by atoms with E-state index < -0.39 is 5.97 Å². The van der Waals surface area contributed by atoms with Crippen molar-refractivity contribution in [2.24, 2.45) is 0 Å². The third-order valence-electron chi connectivity index (χ3n) is 2.86. The third kappa shape index (κ3) is 6.93. The second-order valence-electron chi connectivity index (χ2n) is 4.66. The fraction of sp³-hybridized carbons (Fsp3) is 0.118. The van der Waals surface area contributed by atoms with Gasteiger partial charge in [-0.15, -0.1) is 12.4 Å². The number of nitrogens with one attached hydrogen (secondary N) is 1. The zero-order valence-corrected chi connectivity index (χ0v) is 13.5. The minimum absolute atomic E-state index is 0. The molecule has 6 nitrogen and oxygen atoms in total. The highest BCUT2D eigenvalue weighted by Crippen LogP contribution is 2.13. The molecule has 2 rings (SSSR count). The summed E-state index contributed by atoms with van der Waals surface area (Å²) < 4.78 is 5.03. The highest BCUT2D eigenvalue weighted by atomic mass is 35.5. The molecule has 1 aromatic carbocycles. The van der Waals surface area contributed by atoms with Gasteiger partial charge in [-0.25, -0.2) is 4.79 Å². The molecule has 2 aromatic rings. The molecular weight excluding hydrogens is 332 g/mol. The van der Waals surface area contributed by atoms with Gasteiger partial charge in [0.25, 0.3) is 0 Å². The van der Waals surface area contributed by atoms with Crippen LogP contribution in [-0.4, -0.2) is 28.6 Å². The minimum Gasteiger partial charge on any atom is -0.482 e. The zero-order valence-electron chi connectivity index (χ0n) is 12.7. The third-order valence-corrected chi connectivity index (χ3v) is 2.86. The second kappa shape index (κ2) is 10.0. The molecule has 126 valence electrons. The van der Waals surface area contributed by atoms with Crippen molar-refractivity contribution in [3.8, 4) is 5.75 Å². The average Bonchev–Trinajstić information content (AvgIpc) is 2.58. The lowest BCUT2D eigenvalue weighted by molar-refractivity contribution is -0.139. The van der Waals surface area contributed by atoms with E-state index in [1.165, 1.54) is 6.08 Å². The van der Waals surface area contributed by atoms with Crippen LogP contribution in [0.3, 0.4) is 0 Å². The predicted molar refractivity (Wildman–Crippen MR) is 91.9 cm³/mol. The fourth-order valence-corrected chi connectivity index (χ4v) is 1.74. The largest absolute Gasteiger partial charge is 0.482 e. The summed E-state index contributed by atoms with van der Waals surface area (Å²) in [6.45, 7) is 0.0327. The lowest BCUT2D eigenvalue weighted by Crippen LogP contribution is -2.20. The molecule has 1 heterocycles. The molecule has 1 aromatic heterocycles. The Labute approximate surface area is 145 Å². The minimum atomic E-state index is -1.03. The lowest BCUT2D eigenvalue weighted by atomic mass is 10.2. The van der Waals surface area contributed by atoms with E-state index in [9.17, 15) is 9.59 Å². The molecule has 0 bridgehead atoms. The van der Waals surface area contributed by atoms with Gasteiger partial charge in [-0.05, 0) is 35.4 Å². The Hall–Kier alpha value is -2.86. The van der Waals surface area contributed by atoms with E-state index in [0.717, 1.165) is 11.1 Å². The van der Waals surface area contributed by atoms with Crippen molar-refractivity contribution in [1.29, 1.82) is 0 Å². The number of hydrogen-bond acceptors (Lipinski definition) is 4. The van der Waals surface area contributed by atoms with Gasteiger partial charge in [-0.1, -0.05) is 18.2 Å². The number of carbonyl (C=O) groups is 2. The van der Waals surface area contributed by atoms with Gasteiger partial charge < -0.3 is 15.2 Å². The standard InChI is InChI=1S/C17H16N2O4.ClH/c20-16(19-11-14-2-1-9-18-10-14)8-5-13-3-6-15(7-4-13)23-12-17(21)22;/h1-10H,11-12H2,(H,19,20)(H,21,22);1H. The number of halogens is 1. The molecule has 1 amide bonds. The van der Waals surface area contributed by atoms with Crippen molar-refractivity contribution in [3.05, 3.63) is 66.0 Å². The van der Waals surface area contributed by atoms with Crippen LogP contribution in [-0.2, 0) is 16.1 Å². The SMILES string of the molecule is Cl.O=C(O)COc1ccc(C=CC(=O)NCc2cccnc2)cc1. The first-order valence-corrected chi connectivity index (χ1v) is 6.93. The number of carbonyl (C=O) groups excluding carboxylic acids is 1. The first kappa shape index (κ1) is 19.2. The number of benzene rings is 1. The molecule has 0 saturated carbocycles. The van der Waals surface area contributed by atoms with Crippen LogP contribution in [0.5, 0.6) is 5.75 Å². The van der Waals surface area contributed by atoms with Crippen LogP contribution in [0, 0.1) is 0 Å². The number of rotatable bonds is 7.